The number of halogens is 1. The van der Waals surface area contributed by atoms with Gasteiger partial charge in [-0.25, -0.2) is 9.80 Å². The molecule has 0 saturated carbocycles. The van der Waals surface area contributed by atoms with Crippen molar-refractivity contribution in [3.05, 3.63) is 69.7 Å². The van der Waals surface area contributed by atoms with Crippen molar-refractivity contribution in [2.75, 3.05) is 18.7 Å². The molecule has 0 radical (unpaired) electrons. The Morgan fingerprint density at radius 3 is 2.45 bits per heavy atom. The third-order valence-electron chi connectivity index (χ3n) is 4.62. The SMILES string of the molecule is COCC1=NN(c2ccc(C)cc2)C(=O)C1C/C(=C/c1ccc(Br)cc1)C(=O)O. The van der Waals surface area contributed by atoms with Crippen molar-refractivity contribution < 1.29 is 19.4 Å². The van der Waals surface area contributed by atoms with Crippen molar-refractivity contribution >= 4 is 45.3 Å². The van der Waals surface area contributed by atoms with Crippen LogP contribution in [0.4, 0.5) is 5.69 Å². The van der Waals surface area contributed by atoms with E-state index in [1.165, 1.54) is 12.1 Å². The maximum absolute atomic E-state index is 13.1. The number of rotatable bonds is 7. The first kappa shape index (κ1) is 21.0. The molecule has 2 aromatic rings. The molecule has 1 heterocycles. The van der Waals surface area contributed by atoms with Gasteiger partial charge in [-0.1, -0.05) is 45.8 Å². The predicted octanol–water partition coefficient (Wildman–Crippen LogP) is 4.28. The fraction of sp³-hybridized carbons (Fsp3) is 0.227. The predicted molar refractivity (Wildman–Crippen MR) is 116 cm³/mol. The lowest BCUT2D eigenvalue weighted by molar-refractivity contribution is -0.132. The van der Waals surface area contributed by atoms with E-state index in [-0.39, 0.29) is 24.5 Å². The third kappa shape index (κ3) is 4.99. The number of ether oxygens (including phenoxy) is 1. The summed E-state index contributed by atoms with van der Waals surface area (Å²) in [5, 5.41) is 15.4. The van der Waals surface area contributed by atoms with Gasteiger partial charge in [-0.2, -0.15) is 5.10 Å². The van der Waals surface area contributed by atoms with Gasteiger partial charge in [0.1, 0.15) is 0 Å². The van der Waals surface area contributed by atoms with Gasteiger partial charge in [0.2, 0.25) is 0 Å². The fourth-order valence-electron chi connectivity index (χ4n) is 3.08. The zero-order valence-electron chi connectivity index (χ0n) is 16.1. The summed E-state index contributed by atoms with van der Waals surface area (Å²) in [5.41, 5.74) is 3.12. The molecule has 0 aromatic heterocycles. The molecule has 29 heavy (non-hydrogen) atoms. The molecular weight excluding hydrogens is 436 g/mol. The summed E-state index contributed by atoms with van der Waals surface area (Å²) in [4.78, 5) is 24.9. The average molecular weight is 457 g/mol. The maximum atomic E-state index is 13.1. The first-order valence-corrected chi connectivity index (χ1v) is 9.84. The van der Waals surface area contributed by atoms with Crippen LogP contribution in [0.3, 0.4) is 0 Å². The van der Waals surface area contributed by atoms with Crippen molar-refractivity contribution in [3.8, 4) is 0 Å². The van der Waals surface area contributed by atoms with E-state index in [1.54, 1.807) is 6.08 Å². The number of carboxylic acid groups (broad SMARTS) is 1. The Hall–Kier alpha value is -2.77. The summed E-state index contributed by atoms with van der Waals surface area (Å²) >= 11 is 3.36. The van der Waals surface area contributed by atoms with Crippen molar-refractivity contribution in [1.29, 1.82) is 0 Å². The molecule has 3 rings (SSSR count). The number of aliphatic carboxylic acids is 1. The van der Waals surface area contributed by atoms with E-state index in [1.807, 2.05) is 55.5 Å². The highest BCUT2D eigenvalue weighted by molar-refractivity contribution is 9.10. The van der Waals surface area contributed by atoms with Gasteiger partial charge in [-0.15, -0.1) is 0 Å². The van der Waals surface area contributed by atoms with Crippen LogP contribution in [0.1, 0.15) is 17.5 Å². The molecule has 0 spiro atoms. The van der Waals surface area contributed by atoms with Crippen molar-refractivity contribution in [3.63, 3.8) is 0 Å². The van der Waals surface area contributed by atoms with Crippen LogP contribution in [-0.4, -0.2) is 36.4 Å². The number of carboxylic acids is 1. The Balaban J connectivity index is 1.89. The monoisotopic (exact) mass is 456 g/mol. The Bertz CT molecular complexity index is 965. The highest BCUT2D eigenvalue weighted by atomic mass is 79.9. The lowest BCUT2D eigenvalue weighted by Gasteiger charge is -2.15. The molecule has 1 amide bonds. The van der Waals surface area contributed by atoms with Crippen molar-refractivity contribution in [1.82, 2.24) is 0 Å². The van der Waals surface area contributed by atoms with Crippen LogP contribution in [0.2, 0.25) is 0 Å². The first-order valence-electron chi connectivity index (χ1n) is 9.05. The van der Waals surface area contributed by atoms with Crippen LogP contribution < -0.4 is 5.01 Å². The lowest BCUT2D eigenvalue weighted by Crippen LogP contribution is -2.29. The summed E-state index contributed by atoms with van der Waals surface area (Å²) in [5.74, 6) is -2.01. The van der Waals surface area contributed by atoms with E-state index in [4.69, 9.17) is 4.74 Å². The summed E-state index contributed by atoms with van der Waals surface area (Å²) in [6.45, 7) is 2.12. The molecule has 1 aliphatic rings. The second-order valence-corrected chi connectivity index (χ2v) is 7.71. The second-order valence-electron chi connectivity index (χ2n) is 6.79. The molecule has 6 nitrogen and oxygen atoms in total. The molecule has 0 bridgehead atoms. The van der Waals surface area contributed by atoms with Crippen LogP contribution in [0, 0.1) is 12.8 Å². The zero-order chi connectivity index (χ0) is 21.0. The number of carbonyl (C=O) groups excluding carboxylic acids is 1. The van der Waals surface area contributed by atoms with Crippen LogP contribution in [0.25, 0.3) is 6.08 Å². The topological polar surface area (TPSA) is 79.2 Å². The highest BCUT2D eigenvalue weighted by Crippen LogP contribution is 2.29. The fourth-order valence-corrected chi connectivity index (χ4v) is 3.34. The third-order valence-corrected chi connectivity index (χ3v) is 5.15. The Labute approximate surface area is 177 Å². The largest absolute Gasteiger partial charge is 0.478 e. The molecule has 1 aliphatic heterocycles. The number of anilines is 1. The van der Waals surface area contributed by atoms with E-state index < -0.39 is 11.9 Å². The minimum atomic E-state index is -1.06. The highest BCUT2D eigenvalue weighted by Gasteiger charge is 2.37. The first-order chi connectivity index (χ1) is 13.9. The molecule has 0 aliphatic carbocycles. The van der Waals surface area contributed by atoms with Crippen LogP contribution in [0.5, 0.6) is 0 Å². The van der Waals surface area contributed by atoms with Crippen molar-refractivity contribution in [2.45, 2.75) is 13.3 Å². The van der Waals surface area contributed by atoms with Gasteiger partial charge in [-0.3, -0.25) is 4.79 Å². The molecule has 7 heteroatoms. The van der Waals surface area contributed by atoms with Gasteiger partial charge in [0, 0.05) is 17.2 Å². The van der Waals surface area contributed by atoms with E-state index in [0.29, 0.717) is 11.4 Å². The molecule has 1 unspecified atom stereocenters. The average Bonchev–Trinajstić information content (AvgIpc) is 2.99. The molecule has 2 aromatic carbocycles. The van der Waals surface area contributed by atoms with E-state index >= 15 is 0 Å². The smallest absolute Gasteiger partial charge is 0.331 e. The number of hydrazone groups is 1. The van der Waals surface area contributed by atoms with Gasteiger partial charge in [-0.05, 0) is 49.2 Å². The van der Waals surface area contributed by atoms with Crippen molar-refractivity contribution in [2.24, 2.45) is 11.0 Å². The molecule has 0 saturated heterocycles. The van der Waals surface area contributed by atoms with Gasteiger partial charge < -0.3 is 9.84 Å². The van der Waals surface area contributed by atoms with E-state index in [9.17, 15) is 14.7 Å². The number of carbonyl (C=O) groups is 2. The number of hydrogen-bond donors (Lipinski definition) is 1. The quantitative estimate of drug-likeness (QED) is 0.630. The van der Waals surface area contributed by atoms with Crippen LogP contribution in [0.15, 0.2) is 63.7 Å². The summed E-state index contributed by atoms with van der Waals surface area (Å²) < 4.78 is 6.10. The minimum Gasteiger partial charge on any atom is -0.478 e. The molecule has 0 fully saturated rings. The van der Waals surface area contributed by atoms with Gasteiger partial charge in [0.05, 0.1) is 23.9 Å². The Kier molecular flexibility index (Phi) is 6.61. The molecule has 150 valence electrons. The number of methoxy groups -OCH3 is 1. The lowest BCUT2D eigenvalue weighted by atomic mass is 9.93. The molecule has 1 atom stereocenters. The maximum Gasteiger partial charge on any atom is 0.331 e. The Morgan fingerprint density at radius 1 is 1.21 bits per heavy atom. The number of benzene rings is 2. The number of aryl methyl sites for hydroxylation is 1. The minimum absolute atomic E-state index is 0.0365. The van der Waals surface area contributed by atoms with E-state index in [0.717, 1.165) is 15.6 Å². The number of amides is 1. The summed E-state index contributed by atoms with van der Waals surface area (Å²) in [7, 11) is 1.52. The molecular formula is C22H21BrN2O4. The van der Waals surface area contributed by atoms with E-state index in [2.05, 4.69) is 21.0 Å². The van der Waals surface area contributed by atoms with Crippen LogP contribution in [-0.2, 0) is 14.3 Å². The number of nitrogens with zero attached hydrogens (tertiary/aromatic N) is 2. The second kappa shape index (κ2) is 9.15. The standard InChI is InChI=1S/C22H21BrN2O4/c1-14-3-9-18(10-4-14)25-21(26)19(20(24-25)13-29-2)12-16(22(27)28)11-15-5-7-17(23)8-6-15/h3-11,19H,12-13H2,1-2H3,(H,27,28)/b16-11-. The zero-order valence-corrected chi connectivity index (χ0v) is 17.7. The van der Waals surface area contributed by atoms with Gasteiger partial charge >= 0.3 is 5.97 Å². The van der Waals surface area contributed by atoms with Gasteiger partial charge in [0.15, 0.2) is 0 Å². The van der Waals surface area contributed by atoms with Gasteiger partial charge in [0.25, 0.3) is 5.91 Å². The summed E-state index contributed by atoms with van der Waals surface area (Å²) in [6, 6.07) is 14.7. The molecule has 1 N–H and O–H groups in total. The van der Waals surface area contributed by atoms with Crippen LogP contribution >= 0.6 is 15.9 Å². The normalized spacial score (nSPS) is 16.9. The Morgan fingerprint density at radius 2 is 1.86 bits per heavy atom. The number of hydrogen-bond acceptors (Lipinski definition) is 4. The summed E-state index contributed by atoms with van der Waals surface area (Å²) in [6.07, 6.45) is 1.62.